The summed E-state index contributed by atoms with van der Waals surface area (Å²) in [4.78, 5) is 17.2. The molecule has 0 radical (unpaired) electrons. The van der Waals surface area contributed by atoms with Crippen molar-refractivity contribution in [3.8, 4) is 0 Å². The van der Waals surface area contributed by atoms with Crippen molar-refractivity contribution in [2.45, 2.75) is 6.92 Å². The number of anilines is 2. The van der Waals surface area contributed by atoms with Crippen LogP contribution in [0.1, 0.15) is 6.92 Å². The van der Waals surface area contributed by atoms with Crippen molar-refractivity contribution >= 4 is 18.0 Å². The van der Waals surface area contributed by atoms with Gasteiger partial charge in [0.15, 0.2) is 5.82 Å². The maximum atomic E-state index is 11.0. The number of aromatic nitrogens is 2. The molecule has 7 heteroatoms. The van der Waals surface area contributed by atoms with Crippen LogP contribution in [0.15, 0.2) is 16.0 Å². The average Bonchev–Trinajstić information content (AvgIpc) is 2.03. The monoisotopic (exact) mass is 199 g/mol. The van der Waals surface area contributed by atoms with Crippen LogP contribution in [0.4, 0.5) is 11.8 Å². The molecule has 0 fully saturated rings. The van der Waals surface area contributed by atoms with Crippen LogP contribution in [0.3, 0.4) is 0 Å². The molecule has 0 aliphatic heterocycles. The smallest absolute Gasteiger partial charge is 0.254 e. The molecule has 7 nitrogen and oxygen atoms in total. The van der Waals surface area contributed by atoms with Crippen LogP contribution in [0, 0.1) is 0 Å². The summed E-state index contributed by atoms with van der Waals surface area (Å²) in [6.45, 7) is 1.77. The first-order valence-corrected chi connectivity index (χ1v) is 3.72. The Balaban J connectivity index is 0.00000169. The van der Waals surface area contributed by atoms with Gasteiger partial charge in [-0.05, 0) is 6.92 Å². The fourth-order valence-electron chi connectivity index (χ4n) is 0.861. The molecule has 0 aliphatic carbocycles. The molecule has 0 aliphatic rings. The summed E-state index contributed by atoms with van der Waals surface area (Å²) in [5.74, 6) is 0.500. The second-order valence-corrected chi connectivity index (χ2v) is 2.39. The summed E-state index contributed by atoms with van der Waals surface area (Å²) in [6.07, 6.45) is 1.60. The lowest BCUT2D eigenvalue weighted by molar-refractivity contribution is 0.824. The summed E-state index contributed by atoms with van der Waals surface area (Å²) < 4.78 is 0. The second-order valence-electron chi connectivity index (χ2n) is 2.39. The first-order valence-electron chi connectivity index (χ1n) is 3.72. The van der Waals surface area contributed by atoms with Gasteiger partial charge in [-0.3, -0.25) is 14.8 Å². The van der Waals surface area contributed by atoms with Gasteiger partial charge in [0.05, 0.1) is 0 Å². The first kappa shape index (κ1) is 12.1. The zero-order chi connectivity index (χ0) is 9.84. The fourth-order valence-corrected chi connectivity index (χ4v) is 0.861. The number of nitrogens with two attached hydrogens (primary N) is 1. The zero-order valence-electron chi connectivity index (χ0n) is 7.98. The summed E-state index contributed by atoms with van der Waals surface area (Å²) in [5, 5.41) is 5.38. The Kier molecular flexibility index (Phi) is 4.30. The Morgan fingerprint density at radius 1 is 1.71 bits per heavy atom. The Morgan fingerprint density at radius 2 is 2.36 bits per heavy atom. The number of H-pyrrole nitrogens is 1. The minimum absolute atomic E-state index is 0. The van der Waals surface area contributed by atoms with E-state index in [0.29, 0.717) is 5.82 Å². The number of nitrogens with zero attached hydrogens (tertiary/aromatic N) is 3. The van der Waals surface area contributed by atoms with Crippen LogP contribution in [-0.4, -0.2) is 28.7 Å². The third-order valence-electron chi connectivity index (χ3n) is 1.37. The number of hydrogen-bond acceptors (Lipinski definition) is 5. The van der Waals surface area contributed by atoms with Gasteiger partial charge in [-0.1, -0.05) is 0 Å². The SMILES string of the molecule is C/C=N/N(C)c1cc(=O)[nH]c(N)n1.O. The normalized spacial score (nSPS) is 9.86. The zero-order valence-corrected chi connectivity index (χ0v) is 7.98. The number of nitrogens with one attached hydrogen (secondary N) is 1. The lowest BCUT2D eigenvalue weighted by Crippen LogP contribution is -2.17. The Bertz CT molecular complexity index is 373. The molecule has 1 rings (SSSR count). The van der Waals surface area contributed by atoms with E-state index in [1.54, 1.807) is 20.2 Å². The highest BCUT2D eigenvalue weighted by atomic mass is 16.1. The molecule has 0 unspecified atom stereocenters. The number of rotatable bonds is 2. The van der Waals surface area contributed by atoms with Gasteiger partial charge in [-0.15, -0.1) is 0 Å². The van der Waals surface area contributed by atoms with Gasteiger partial charge in [0.2, 0.25) is 5.95 Å². The third kappa shape index (κ3) is 2.87. The van der Waals surface area contributed by atoms with Crippen molar-refractivity contribution in [3.63, 3.8) is 0 Å². The lowest BCUT2D eigenvalue weighted by Gasteiger charge is -2.10. The Hall–Kier alpha value is -1.89. The van der Waals surface area contributed by atoms with E-state index in [9.17, 15) is 4.79 Å². The van der Waals surface area contributed by atoms with Gasteiger partial charge in [0, 0.05) is 19.3 Å². The number of aromatic amines is 1. The molecular formula is C7H13N5O2. The highest BCUT2D eigenvalue weighted by molar-refractivity contribution is 5.56. The van der Waals surface area contributed by atoms with Crippen molar-refractivity contribution in [1.29, 1.82) is 0 Å². The third-order valence-corrected chi connectivity index (χ3v) is 1.37. The van der Waals surface area contributed by atoms with Crippen LogP contribution >= 0.6 is 0 Å². The molecule has 1 aromatic rings. The maximum absolute atomic E-state index is 11.0. The highest BCUT2D eigenvalue weighted by Crippen LogP contribution is 2.05. The van der Waals surface area contributed by atoms with Gasteiger partial charge >= 0.3 is 0 Å². The number of hydrogen-bond donors (Lipinski definition) is 2. The molecule has 0 aromatic carbocycles. The molecule has 0 saturated carbocycles. The summed E-state index contributed by atoms with van der Waals surface area (Å²) in [7, 11) is 1.68. The average molecular weight is 199 g/mol. The van der Waals surface area contributed by atoms with Gasteiger partial charge in [-0.25, -0.2) is 0 Å². The molecule has 1 aromatic heterocycles. The van der Waals surface area contributed by atoms with Crippen molar-refractivity contribution in [1.82, 2.24) is 9.97 Å². The maximum Gasteiger partial charge on any atom is 0.254 e. The van der Waals surface area contributed by atoms with E-state index >= 15 is 0 Å². The van der Waals surface area contributed by atoms with Crippen molar-refractivity contribution in [2.75, 3.05) is 17.8 Å². The van der Waals surface area contributed by atoms with E-state index < -0.39 is 0 Å². The molecule has 0 atom stereocenters. The number of hydrazone groups is 1. The predicted octanol–water partition coefficient (Wildman–Crippen LogP) is -1.03. The Labute approximate surface area is 80.6 Å². The van der Waals surface area contributed by atoms with Crippen LogP contribution in [0.5, 0.6) is 0 Å². The van der Waals surface area contributed by atoms with E-state index in [1.165, 1.54) is 11.1 Å². The summed E-state index contributed by atoms with van der Waals surface area (Å²) in [6, 6.07) is 1.32. The molecule has 0 saturated heterocycles. The van der Waals surface area contributed by atoms with E-state index in [4.69, 9.17) is 5.73 Å². The van der Waals surface area contributed by atoms with Gasteiger partial charge < -0.3 is 11.2 Å². The second kappa shape index (κ2) is 4.97. The van der Waals surface area contributed by atoms with Crippen LogP contribution in [-0.2, 0) is 0 Å². The van der Waals surface area contributed by atoms with Crippen molar-refractivity contribution in [2.24, 2.45) is 5.10 Å². The molecule has 0 spiro atoms. The van der Waals surface area contributed by atoms with Gasteiger partial charge in [-0.2, -0.15) is 10.1 Å². The largest absolute Gasteiger partial charge is 0.412 e. The van der Waals surface area contributed by atoms with E-state index in [-0.39, 0.29) is 17.0 Å². The molecule has 0 amide bonds. The standard InChI is InChI=1S/C7H11N5O.H2O/c1-3-9-12(2)5-4-6(13)11-7(8)10-5;/h3-4H,1-2H3,(H3,8,10,11,13);1H2/b9-3+;. The summed E-state index contributed by atoms with van der Waals surface area (Å²) in [5.41, 5.74) is 5.06. The van der Waals surface area contributed by atoms with E-state index in [2.05, 4.69) is 15.1 Å². The van der Waals surface area contributed by atoms with Crippen molar-refractivity contribution < 1.29 is 5.48 Å². The van der Waals surface area contributed by atoms with E-state index in [0.717, 1.165) is 0 Å². The fraction of sp³-hybridized carbons (Fsp3) is 0.286. The number of nitrogen functional groups attached to an aromatic ring is 1. The predicted molar refractivity (Wildman–Crippen MR) is 55.5 cm³/mol. The van der Waals surface area contributed by atoms with Crippen LogP contribution in [0.25, 0.3) is 0 Å². The molecule has 1 heterocycles. The molecule has 14 heavy (non-hydrogen) atoms. The first-order chi connectivity index (χ1) is 6.13. The van der Waals surface area contributed by atoms with Crippen LogP contribution in [0.2, 0.25) is 0 Å². The molecule has 0 bridgehead atoms. The molecular weight excluding hydrogens is 186 g/mol. The van der Waals surface area contributed by atoms with Gasteiger partial charge in [0.25, 0.3) is 5.56 Å². The van der Waals surface area contributed by atoms with Crippen molar-refractivity contribution in [3.05, 3.63) is 16.4 Å². The van der Waals surface area contributed by atoms with E-state index in [1.807, 2.05) is 0 Å². The topological polar surface area (TPSA) is 119 Å². The minimum Gasteiger partial charge on any atom is -0.412 e. The highest BCUT2D eigenvalue weighted by Gasteiger charge is 2.01. The Morgan fingerprint density at radius 3 is 2.86 bits per heavy atom. The minimum atomic E-state index is -0.291. The summed E-state index contributed by atoms with van der Waals surface area (Å²) >= 11 is 0. The molecule has 5 N–H and O–H groups in total. The lowest BCUT2D eigenvalue weighted by atomic mass is 10.5. The van der Waals surface area contributed by atoms with Gasteiger partial charge in [0.1, 0.15) is 0 Å². The molecule has 78 valence electrons. The van der Waals surface area contributed by atoms with Crippen LogP contribution < -0.4 is 16.3 Å². The quantitative estimate of drug-likeness (QED) is 0.467.